The van der Waals surface area contributed by atoms with Gasteiger partial charge in [0.1, 0.15) is 5.71 Å². The number of methoxy groups -OCH3 is 2. The summed E-state index contributed by atoms with van der Waals surface area (Å²) in [6, 6.07) is 0. The second-order valence-electron chi connectivity index (χ2n) is 2.20. The van der Waals surface area contributed by atoms with Crippen LogP contribution in [0.2, 0.25) is 0 Å². The second-order valence-corrected chi connectivity index (χ2v) is 2.20. The van der Waals surface area contributed by atoms with Crippen LogP contribution in [0, 0.1) is 5.41 Å². The van der Waals surface area contributed by atoms with E-state index in [0.717, 1.165) is 0 Å². The first kappa shape index (κ1) is 8.52. The van der Waals surface area contributed by atoms with Gasteiger partial charge in [0, 0.05) is 12.2 Å². The molecule has 0 heterocycles. The summed E-state index contributed by atoms with van der Waals surface area (Å²) in [6.45, 7) is 0. The van der Waals surface area contributed by atoms with Crippen LogP contribution in [0.5, 0.6) is 0 Å². The normalized spacial score (nSPS) is 16.8. The molecule has 4 heteroatoms. The summed E-state index contributed by atoms with van der Waals surface area (Å²) in [5.74, 6) is 0.249. The predicted molar refractivity (Wildman–Crippen MR) is 42.9 cm³/mol. The van der Waals surface area contributed by atoms with Crippen molar-refractivity contribution in [2.24, 2.45) is 0 Å². The van der Waals surface area contributed by atoms with E-state index in [9.17, 15) is 4.79 Å². The van der Waals surface area contributed by atoms with Gasteiger partial charge < -0.3 is 9.47 Å². The van der Waals surface area contributed by atoms with E-state index >= 15 is 0 Å². The zero-order valence-corrected chi connectivity index (χ0v) is 6.88. The topological polar surface area (TPSA) is 59.4 Å². The van der Waals surface area contributed by atoms with Gasteiger partial charge in [-0.15, -0.1) is 0 Å². The van der Waals surface area contributed by atoms with Gasteiger partial charge in [0.05, 0.1) is 14.2 Å². The molecule has 0 aromatic heterocycles. The van der Waals surface area contributed by atoms with Crippen LogP contribution in [0.3, 0.4) is 0 Å². The lowest BCUT2D eigenvalue weighted by Crippen LogP contribution is -2.15. The summed E-state index contributed by atoms with van der Waals surface area (Å²) in [5.41, 5.74) is 0.0969. The molecular weight excluding hydrogens is 158 g/mol. The van der Waals surface area contributed by atoms with Crippen molar-refractivity contribution in [2.75, 3.05) is 14.2 Å². The fourth-order valence-electron chi connectivity index (χ4n) is 0.888. The summed E-state index contributed by atoms with van der Waals surface area (Å²) in [5, 5.41) is 7.45. The number of ketones is 1. The quantitative estimate of drug-likeness (QED) is 0.614. The van der Waals surface area contributed by atoms with Crippen LogP contribution in [-0.4, -0.2) is 25.7 Å². The van der Waals surface area contributed by atoms with Gasteiger partial charge in [-0.05, 0) is 0 Å². The first-order valence-corrected chi connectivity index (χ1v) is 3.33. The number of carbonyl (C=O) groups is 1. The molecular formula is C8H9NO3. The summed E-state index contributed by atoms with van der Waals surface area (Å²) >= 11 is 0. The molecule has 0 saturated heterocycles. The van der Waals surface area contributed by atoms with Gasteiger partial charge in [-0.3, -0.25) is 10.2 Å². The molecule has 0 aliphatic heterocycles. The molecule has 1 aliphatic carbocycles. The van der Waals surface area contributed by atoms with Crippen molar-refractivity contribution >= 4 is 11.5 Å². The predicted octanol–water partition coefficient (Wildman–Crippen LogP) is 0.649. The molecule has 1 rings (SSSR count). The van der Waals surface area contributed by atoms with Crippen LogP contribution in [0.15, 0.2) is 23.7 Å². The Hall–Kier alpha value is -1.58. The highest BCUT2D eigenvalue weighted by Gasteiger charge is 2.18. The lowest BCUT2D eigenvalue weighted by molar-refractivity contribution is -0.110. The molecule has 0 amide bonds. The molecule has 0 aromatic carbocycles. The first-order chi connectivity index (χ1) is 5.69. The smallest absolute Gasteiger partial charge is 0.186 e. The minimum atomic E-state index is -0.222. The van der Waals surface area contributed by atoms with Crippen LogP contribution in [-0.2, 0) is 14.3 Å². The average Bonchev–Trinajstić information content (AvgIpc) is 2.08. The van der Waals surface area contributed by atoms with E-state index < -0.39 is 0 Å². The second kappa shape index (κ2) is 3.21. The molecule has 0 atom stereocenters. The minimum Gasteiger partial charge on any atom is -0.494 e. The van der Waals surface area contributed by atoms with Crippen LogP contribution < -0.4 is 0 Å². The molecule has 0 unspecified atom stereocenters. The van der Waals surface area contributed by atoms with E-state index in [0.29, 0.717) is 0 Å². The maximum atomic E-state index is 10.9. The standard InChI is InChI=1S/C8H9NO3/c1-11-6-3-5(10)4-7(12-2)8(6)9/h3-4,9H,1-2H3. The van der Waals surface area contributed by atoms with Gasteiger partial charge >= 0.3 is 0 Å². The van der Waals surface area contributed by atoms with E-state index in [1.54, 1.807) is 0 Å². The highest BCUT2D eigenvalue weighted by atomic mass is 16.5. The van der Waals surface area contributed by atoms with Crippen molar-refractivity contribution in [1.29, 1.82) is 5.41 Å². The first-order valence-electron chi connectivity index (χ1n) is 3.33. The van der Waals surface area contributed by atoms with E-state index in [-0.39, 0.29) is 23.0 Å². The number of nitrogens with one attached hydrogen (secondary N) is 1. The van der Waals surface area contributed by atoms with Gasteiger partial charge in [-0.1, -0.05) is 0 Å². The Morgan fingerprint density at radius 2 is 1.58 bits per heavy atom. The number of hydrogen-bond acceptors (Lipinski definition) is 4. The zero-order chi connectivity index (χ0) is 9.14. The number of allylic oxidation sites excluding steroid dienone is 2. The summed E-state index contributed by atoms with van der Waals surface area (Å²) in [6.07, 6.45) is 2.51. The molecule has 0 spiro atoms. The third-order valence-electron chi connectivity index (χ3n) is 1.48. The summed E-state index contributed by atoms with van der Waals surface area (Å²) < 4.78 is 9.60. The summed E-state index contributed by atoms with van der Waals surface area (Å²) in [7, 11) is 2.82. The van der Waals surface area contributed by atoms with Crippen molar-refractivity contribution in [2.45, 2.75) is 0 Å². The number of rotatable bonds is 2. The van der Waals surface area contributed by atoms with E-state index in [4.69, 9.17) is 14.9 Å². The fraction of sp³-hybridized carbons (Fsp3) is 0.250. The highest BCUT2D eigenvalue weighted by molar-refractivity contribution is 6.19. The molecule has 4 nitrogen and oxygen atoms in total. The largest absolute Gasteiger partial charge is 0.494 e. The molecule has 12 heavy (non-hydrogen) atoms. The van der Waals surface area contributed by atoms with Crippen molar-refractivity contribution in [3.63, 3.8) is 0 Å². The molecule has 0 aromatic rings. The maximum Gasteiger partial charge on any atom is 0.186 e. The highest BCUT2D eigenvalue weighted by Crippen LogP contribution is 2.13. The Labute approximate surface area is 70.0 Å². The van der Waals surface area contributed by atoms with Gasteiger partial charge in [0.25, 0.3) is 0 Å². The Morgan fingerprint density at radius 3 is 1.92 bits per heavy atom. The van der Waals surface area contributed by atoms with Crippen LogP contribution in [0.4, 0.5) is 0 Å². The van der Waals surface area contributed by atoms with Gasteiger partial charge in [-0.2, -0.15) is 0 Å². The van der Waals surface area contributed by atoms with Crippen molar-refractivity contribution < 1.29 is 14.3 Å². The maximum absolute atomic E-state index is 10.9. The molecule has 0 fully saturated rings. The van der Waals surface area contributed by atoms with Crippen LogP contribution in [0.1, 0.15) is 0 Å². The van der Waals surface area contributed by atoms with Gasteiger partial charge in [0.2, 0.25) is 0 Å². The zero-order valence-electron chi connectivity index (χ0n) is 6.88. The number of carbonyl (C=O) groups excluding carboxylic acids is 1. The molecule has 1 aliphatic rings. The van der Waals surface area contributed by atoms with E-state index in [1.807, 2.05) is 0 Å². The third-order valence-corrected chi connectivity index (χ3v) is 1.48. The molecule has 1 N–H and O–H groups in total. The lowest BCUT2D eigenvalue weighted by Gasteiger charge is -2.13. The minimum absolute atomic E-state index is 0.0969. The molecule has 0 saturated carbocycles. The lowest BCUT2D eigenvalue weighted by atomic mass is 10.1. The van der Waals surface area contributed by atoms with Crippen molar-refractivity contribution in [3.05, 3.63) is 23.7 Å². The van der Waals surface area contributed by atoms with E-state index in [2.05, 4.69) is 0 Å². The average molecular weight is 167 g/mol. The van der Waals surface area contributed by atoms with E-state index in [1.165, 1.54) is 26.4 Å². The Balaban J connectivity index is 2.98. The van der Waals surface area contributed by atoms with Crippen LogP contribution >= 0.6 is 0 Å². The number of hydrogen-bond donors (Lipinski definition) is 1. The Kier molecular flexibility index (Phi) is 2.28. The summed E-state index contributed by atoms with van der Waals surface area (Å²) in [4.78, 5) is 10.9. The monoisotopic (exact) mass is 167 g/mol. The third kappa shape index (κ3) is 1.37. The Morgan fingerprint density at radius 1 is 1.17 bits per heavy atom. The fourth-order valence-corrected chi connectivity index (χ4v) is 0.888. The molecule has 64 valence electrons. The van der Waals surface area contributed by atoms with Gasteiger partial charge in [0.15, 0.2) is 17.3 Å². The van der Waals surface area contributed by atoms with Crippen LogP contribution in [0.25, 0.3) is 0 Å². The van der Waals surface area contributed by atoms with Crippen molar-refractivity contribution in [3.8, 4) is 0 Å². The van der Waals surface area contributed by atoms with Crippen molar-refractivity contribution in [1.82, 2.24) is 0 Å². The SMILES string of the molecule is COC1=CC(=O)C=C(OC)C1=N. The molecule has 0 radical (unpaired) electrons. The van der Waals surface area contributed by atoms with Gasteiger partial charge in [-0.25, -0.2) is 0 Å². The number of ether oxygens (including phenoxy) is 2. The molecule has 0 bridgehead atoms. The Bertz CT molecular complexity index is 263.